The molecule has 2 aromatic carbocycles. The van der Waals surface area contributed by atoms with Gasteiger partial charge >= 0.3 is 6.09 Å². The largest absolute Gasteiger partial charge is 0.485 e. The average molecular weight is 566 g/mol. The summed E-state index contributed by atoms with van der Waals surface area (Å²) in [5.74, 6) is -0.0718. The number of rotatable bonds is 7. The van der Waals surface area contributed by atoms with Gasteiger partial charge in [-0.3, -0.25) is 9.88 Å². The fraction of sp³-hybridized carbons (Fsp3) is 0.250. The van der Waals surface area contributed by atoms with E-state index in [9.17, 15) is 9.90 Å². The van der Waals surface area contributed by atoms with Crippen LogP contribution in [0, 0.1) is 12.7 Å². The van der Waals surface area contributed by atoms with Crippen molar-refractivity contribution >= 4 is 55.8 Å². The van der Waals surface area contributed by atoms with E-state index in [0.29, 0.717) is 31.8 Å². The van der Waals surface area contributed by atoms with E-state index in [1.165, 1.54) is 29.8 Å². The predicted octanol–water partition coefficient (Wildman–Crippen LogP) is 7.31. The fourth-order valence-electron chi connectivity index (χ4n) is 4.29. The third kappa shape index (κ3) is 5.35. The molecular formula is C28H25ClFN5O3S. The SMILES string of the molecule is CCc1cnc2c(-c3nc4cc(F)c(OC(C)C(C)N(C(=O)O)c5cnc(C)nc5)cc4s3)cc(Cl)cc2c1. The molecule has 5 aromatic rings. The zero-order valence-electron chi connectivity index (χ0n) is 21.6. The van der Waals surface area contributed by atoms with Gasteiger partial charge in [-0.05, 0) is 51.0 Å². The minimum absolute atomic E-state index is 0.00390. The van der Waals surface area contributed by atoms with Crippen LogP contribution in [0.1, 0.15) is 32.2 Å². The second-order valence-electron chi connectivity index (χ2n) is 9.20. The van der Waals surface area contributed by atoms with Crippen LogP contribution in [0.2, 0.25) is 5.02 Å². The number of thiazole rings is 1. The minimum atomic E-state index is -1.19. The maximum Gasteiger partial charge on any atom is 0.412 e. The van der Waals surface area contributed by atoms with Gasteiger partial charge in [0.25, 0.3) is 0 Å². The molecule has 0 bridgehead atoms. The van der Waals surface area contributed by atoms with Crippen LogP contribution < -0.4 is 9.64 Å². The minimum Gasteiger partial charge on any atom is -0.485 e. The van der Waals surface area contributed by atoms with Crippen LogP contribution in [0.25, 0.3) is 31.7 Å². The number of ether oxygens (including phenoxy) is 1. The third-order valence-corrected chi connectivity index (χ3v) is 7.81. The maximum absolute atomic E-state index is 15.1. The molecule has 0 fully saturated rings. The summed E-state index contributed by atoms with van der Waals surface area (Å²) < 4.78 is 21.8. The van der Waals surface area contributed by atoms with Gasteiger partial charge in [0, 0.05) is 34.3 Å². The molecule has 2 unspecified atom stereocenters. The Bertz CT molecular complexity index is 1700. The molecule has 3 heterocycles. The number of anilines is 1. The lowest BCUT2D eigenvalue weighted by atomic mass is 10.1. The van der Waals surface area contributed by atoms with Gasteiger partial charge in [0.15, 0.2) is 11.6 Å². The molecule has 0 aliphatic heterocycles. The number of amides is 1. The summed E-state index contributed by atoms with van der Waals surface area (Å²) in [6, 6.07) is 7.98. The second kappa shape index (κ2) is 10.7. The molecule has 0 spiro atoms. The van der Waals surface area contributed by atoms with Gasteiger partial charge in [-0.25, -0.2) is 24.1 Å². The Hall–Kier alpha value is -3.89. The summed E-state index contributed by atoms with van der Waals surface area (Å²) in [6.45, 7) is 7.14. The number of carboxylic acid groups (broad SMARTS) is 1. The summed E-state index contributed by atoms with van der Waals surface area (Å²) >= 11 is 7.79. The fourth-order valence-corrected chi connectivity index (χ4v) is 5.51. The normalized spacial score (nSPS) is 13.0. The molecule has 0 saturated carbocycles. The van der Waals surface area contributed by atoms with Crippen LogP contribution >= 0.6 is 22.9 Å². The van der Waals surface area contributed by atoms with E-state index in [-0.39, 0.29) is 5.75 Å². The van der Waals surface area contributed by atoms with Gasteiger partial charge in [-0.2, -0.15) is 0 Å². The molecule has 1 amide bonds. The predicted molar refractivity (Wildman–Crippen MR) is 152 cm³/mol. The van der Waals surface area contributed by atoms with Crippen molar-refractivity contribution in [3.63, 3.8) is 0 Å². The molecule has 39 heavy (non-hydrogen) atoms. The topological polar surface area (TPSA) is 101 Å². The highest BCUT2D eigenvalue weighted by Gasteiger charge is 2.29. The highest BCUT2D eigenvalue weighted by atomic mass is 35.5. The van der Waals surface area contributed by atoms with Gasteiger partial charge < -0.3 is 9.84 Å². The molecule has 0 radical (unpaired) electrons. The molecule has 1 N–H and O–H groups in total. The zero-order chi connectivity index (χ0) is 27.8. The second-order valence-corrected chi connectivity index (χ2v) is 10.7. The van der Waals surface area contributed by atoms with Crippen molar-refractivity contribution in [2.75, 3.05) is 4.90 Å². The van der Waals surface area contributed by atoms with E-state index >= 15 is 4.39 Å². The number of hydrogen-bond donors (Lipinski definition) is 1. The van der Waals surface area contributed by atoms with Crippen LogP contribution in [0.5, 0.6) is 5.75 Å². The van der Waals surface area contributed by atoms with Crippen molar-refractivity contribution in [3.05, 3.63) is 71.2 Å². The monoisotopic (exact) mass is 565 g/mol. The van der Waals surface area contributed by atoms with E-state index in [2.05, 4.69) is 32.9 Å². The summed E-state index contributed by atoms with van der Waals surface area (Å²) in [5, 5.41) is 12.0. The zero-order valence-corrected chi connectivity index (χ0v) is 23.2. The highest BCUT2D eigenvalue weighted by Crippen LogP contribution is 2.38. The first-order chi connectivity index (χ1) is 18.6. The van der Waals surface area contributed by atoms with Gasteiger partial charge in [-0.15, -0.1) is 11.3 Å². The first kappa shape index (κ1) is 26.7. The molecule has 0 aliphatic rings. The average Bonchev–Trinajstić information content (AvgIpc) is 3.31. The van der Waals surface area contributed by atoms with E-state index in [1.54, 1.807) is 26.8 Å². The van der Waals surface area contributed by atoms with Gasteiger partial charge in [0.2, 0.25) is 0 Å². The van der Waals surface area contributed by atoms with Crippen molar-refractivity contribution in [1.82, 2.24) is 19.9 Å². The number of aromatic nitrogens is 4. The molecule has 0 saturated heterocycles. The Morgan fingerprint density at radius 1 is 1.13 bits per heavy atom. The number of fused-ring (bicyclic) bond motifs is 2. The molecule has 11 heteroatoms. The Morgan fingerprint density at radius 2 is 1.87 bits per heavy atom. The van der Waals surface area contributed by atoms with Crippen molar-refractivity contribution in [2.24, 2.45) is 0 Å². The lowest BCUT2D eigenvalue weighted by Gasteiger charge is -2.30. The Balaban J connectivity index is 1.46. The molecule has 2 atom stereocenters. The number of benzene rings is 2. The highest BCUT2D eigenvalue weighted by molar-refractivity contribution is 7.21. The number of nitrogens with zero attached hydrogens (tertiary/aromatic N) is 5. The van der Waals surface area contributed by atoms with Crippen molar-refractivity contribution in [3.8, 4) is 16.3 Å². The summed E-state index contributed by atoms with van der Waals surface area (Å²) in [7, 11) is 0. The van der Waals surface area contributed by atoms with Gasteiger partial charge in [0.1, 0.15) is 16.9 Å². The summed E-state index contributed by atoms with van der Waals surface area (Å²) in [4.78, 5) is 30.6. The number of carbonyl (C=O) groups is 1. The molecule has 3 aromatic heterocycles. The van der Waals surface area contributed by atoms with Gasteiger partial charge in [0.05, 0.1) is 39.9 Å². The molecule has 0 aliphatic carbocycles. The molecule has 8 nitrogen and oxygen atoms in total. The smallest absolute Gasteiger partial charge is 0.412 e. The van der Waals surface area contributed by atoms with Gasteiger partial charge in [-0.1, -0.05) is 18.5 Å². The number of aryl methyl sites for hydroxylation is 2. The molecular weight excluding hydrogens is 541 g/mol. The van der Waals surface area contributed by atoms with Crippen molar-refractivity contribution in [1.29, 1.82) is 0 Å². The van der Waals surface area contributed by atoms with E-state index < -0.39 is 24.1 Å². The quantitative estimate of drug-likeness (QED) is 0.221. The summed E-state index contributed by atoms with van der Waals surface area (Å²) in [5.41, 5.74) is 3.41. The van der Waals surface area contributed by atoms with Crippen molar-refractivity contribution < 1.29 is 19.0 Å². The summed E-state index contributed by atoms with van der Waals surface area (Å²) in [6.07, 6.45) is 3.67. The third-order valence-electron chi connectivity index (χ3n) is 6.54. The van der Waals surface area contributed by atoms with Crippen LogP contribution in [0.4, 0.5) is 14.9 Å². The Labute approximate surface area is 233 Å². The first-order valence-electron chi connectivity index (χ1n) is 12.3. The number of hydrogen-bond acceptors (Lipinski definition) is 7. The first-order valence-corrected chi connectivity index (χ1v) is 13.5. The van der Waals surface area contributed by atoms with Crippen LogP contribution in [0.15, 0.2) is 48.9 Å². The van der Waals surface area contributed by atoms with E-state index in [4.69, 9.17) is 16.3 Å². The lowest BCUT2D eigenvalue weighted by molar-refractivity contribution is 0.167. The van der Waals surface area contributed by atoms with Crippen LogP contribution in [-0.2, 0) is 6.42 Å². The standard InChI is InChI=1S/C28H25ClFN5O3S/c1-5-17-6-18-7-19(29)8-21(26(18)33-11-17)27-34-23-9-22(30)24(10-25(23)39-27)38-15(3)14(2)35(28(36)37)20-12-31-16(4)32-13-20/h6-15H,5H2,1-4H3,(H,36,37). The van der Waals surface area contributed by atoms with Crippen molar-refractivity contribution in [2.45, 2.75) is 46.3 Å². The van der Waals surface area contributed by atoms with Crippen LogP contribution in [-0.4, -0.2) is 43.3 Å². The van der Waals surface area contributed by atoms with E-state index in [1.807, 2.05) is 18.3 Å². The van der Waals surface area contributed by atoms with E-state index in [0.717, 1.165) is 33.4 Å². The lowest BCUT2D eigenvalue weighted by Crippen LogP contribution is -2.46. The number of pyridine rings is 1. The molecule has 200 valence electrons. The maximum atomic E-state index is 15.1. The molecule has 5 rings (SSSR count). The Morgan fingerprint density at radius 3 is 2.56 bits per heavy atom. The Kier molecular flexibility index (Phi) is 7.33. The van der Waals surface area contributed by atoms with Crippen LogP contribution in [0.3, 0.4) is 0 Å². The number of halogens is 2.